The van der Waals surface area contributed by atoms with Gasteiger partial charge in [-0.15, -0.1) is 0 Å². The van der Waals surface area contributed by atoms with E-state index < -0.39 is 9.84 Å². The fraction of sp³-hybridized carbons (Fsp3) is 0.421. The Morgan fingerprint density at radius 2 is 1.93 bits per heavy atom. The molecule has 0 spiro atoms. The van der Waals surface area contributed by atoms with Crippen LogP contribution in [0.25, 0.3) is 0 Å². The van der Waals surface area contributed by atoms with Crippen LogP contribution in [0.3, 0.4) is 0 Å². The van der Waals surface area contributed by atoms with E-state index in [1.165, 1.54) is 22.7 Å². The van der Waals surface area contributed by atoms with Gasteiger partial charge in [0.2, 0.25) is 5.95 Å². The molecule has 0 aliphatic carbocycles. The lowest BCUT2D eigenvalue weighted by molar-refractivity contribution is 0.0741. The van der Waals surface area contributed by atoms with Crippen molar-refractivity contribution in [1.82, 2.24) is 14.9 Å². The van der Waals surface area contributed by atoms with Crippen molar-refractivity contribution in [2.24, 2.45) is 0 Å². The molecule has 1 aliphatic heterocycles. The minimum absolute atomic E-state index is 0.00757. The van der Waals surface area contributed by atoms with Crippen LogP contribution in [-0.2, 0) is 9.84 Å². The van der Waals surface area contributed by atoms with E-state index in [4.69, 9.17) is 0 Å². The van der Waals surface area contributed by atoms with Gasteiger partial charge in [0.15, 0.2) is 9.84 Å². The molecule has 8 heteroatoms. The fourth-order valence-electron chi connectivity index (χ4n) is 3.05. The van der Waals surface area contributed by atoms with Crippen LogP contribution in [0.1, 0.15) is 42.2 Å². The van der Waals surface area contributed by atoms with Crippen molar-refractivity contribution in [3.05, 3.63) is 47.8 Å². The molecule has 0 radical (unpaired) electrons. The monoisotopic (exact) mass is 388 g/mol. The van der Waals surface area contributed by atoms with Crippen LogP contribution in [0.2, 0.25) is 0 Å². The second-order valence-corrected chi connectivity index (χ2v) is 9.37. The number of hydrogen-bond donors (Lipinski definition) is 1. The molecule has 2 heterocycles. The highest BCUT2D eigenvalue weighted by atomic mass is 32.2. The Bertz CT molecular complexity index is 926. The molecule has 1 N–H and O–H groups in total. The topological polar surface area (TPSA) is 92.3 Å². The van der Waals surface area contributed by atoms with Crippen molar-refractivity contribution in [3.63, 3.8) is 0 Å². The van der Waals surface area contributed by atoms with Gasteiger partial charge in [0.1, 0.15) is 5.69 Å². The Morgan fingerprint density at radius 3 is 2.52 bits per heavy atom. The molecule has 1 atom stereocenters. The van der Waals surface area contributed by atoms with E-state index in [-0.39, 0.29) is 29.1 Å². The predicted octanol–water partition coefficient (Wildman–Crippen LogP) is 2.60. The predicted molar refractivity (Wildman–Crippen MR) is 105 cm³/mol. The average molecular weight is 388 g/mol. The van der Waals surface area contributed by atoms with Gasteiger partial charge in [0.05, 0.1) is 11.5 Å². The van der Waals surface area contributed by atoms with Crippen molar-refractivity contribution >= 4 is 27.4 Å². The fourth-order valence-corrected chi connectivity index (χ4v) is 4.82. The molecule has 3 rings (SSSR count). The largest absolute Gasteiger partial charge is 0.336 e. The van der Waals surface area contributed by atoms with Gasteiger partial charge in [-0.1, -0.05) is 26.0 Å². The summed E-state index contributed by atoms with van der Waals surface area (Å²) in [7, 11) is -1.44. The quantitative estimate of drug-likeness (QED) is 0.846. The number of nitrogens with one attached hydrogen (secondary N) is 1. The molecule has 0 bridgehead atoms. The summed E-state index contributed by atoms with van der Waals surface area (Å²) < 4.78 is 23.3. The third kappa shape index (κ3) is 4.63. The highest BCUT2D eigenvalue weighted by Crippen LogP contribution is 2.20. The van der Waals surface area contributed by atoms with Gasteiger partial charge in [0, 0.05) is 25.0 Å². The Kier molecular flexibility index (Phi) is 5.46. The number of carbonyl (C=O) groups is 1. The molecule has 1 aliphatic rings. The third-order valence-corrected chi connectivity index (χ3v) is 6.54. The van der Waals surface area contributed by atoms with Gasteiger partial charge in [-0.25, -0.2) is 18.4 Å². The van der Waals surface area contributed by atoms with Gasteiger partial charge in [-0.2, -0.15) is 0 Å². The second kappa shape index (κ2) is 7.64. The lowest BCUT2D eigenvalue weighted by atomic mass is 10.0. The van der Waals surface area contributed by atoms with Crippen LogP contribution in [0.4, 0.5) is 11.6 Å². The normalized spacial score (nSPS) is 18.4. The number of hydrogen-bond acceptors (Lipinski definition) is 6. The zero-order valence-electron chi connectivity index (χ0n) is 15.7. The SMILES string of the molecule is CC(C)c1ccc(Nc2nccc(C(=O)N(C)C3CCS(=O)(=O)C3)n2)cc1. The Labute approximate surface area is 159 Å². The molecule has 1 fully saturated rings. The van der Waals surface area contributed by atoms with E-state index in [9.17, 15) is 13.2 Å². The van der Waals surface area contributed by atoms with E-state index in [2.05, 4.69) is 29.1 Å². The maximum Gasteiger partial charge on any atom is 0.272 e. The summed E-state index contributed by atoms with van der Waals surface area (Å²) >= 11 is 0. The molecule has 0 saturated carbocycles. The molecule has 1 aromatic heterocycles. The van der Waals surface area contributed by atoms with E-state index in [0.717, 1.165) is 5.69 Å². The van der Waals surface area contributed by atoms with Crippen LogP contribution in [0.5, 0.6) is 0 Å². The van der Waals surface area contributed by atoms with Gasteiger partial charge in [-0.3, -0.25) is 4.79 Å². The first-order valence-corrected chi connectivity index (χ1v) is 10.7. The molecule has 7 nitrogen and oxygen atoms in total. The van der Waals surface area contributed by atoms with Crippen LogP contribution < -0.4 is 5.32 Å². The minimum atomic E-state index is -3.05. The molecule has 1 saturated heterocycles. The van der Waals surface area contributed by atoms with E-state index in [1.807, 2.05) is 24.3 Å². The molecular weight excluding hydrogens is 364 g/mol. The smallest absolute Gasteiger partial charge is 0.272 e. The summed E-state index contributed by atoms with van der Waals surface area (Å²) in [5.41, 5.74) is 2.30. The summed E-state index contributed by atoms with van der Waals surface area (Å²) in [6.45, 7) is 4.26. The number of amides is 1. The summed E-state index contributed by atoms with van der Waals surface area (Å²) in [4.78, 5) is 22.6. The lowest BCUT2D eigenvalue weighted by Crippen LogP contribution is -2.38. The second-order valence-electron chi connectivity index (χ2n) is 7.14. The van der Waals surface area contributed by atoms with Gasteiger partial charge >= 0.3 is 0 Å². The van der Waals surface area contributed by atoms with Crippen LogP contribution in [0, 0.1) is 0 Å². The zero-order chi connectivity index (χ0) is 19.6. The van der Waals surface area contributed by atoms with E-state index in [1.54, 1.807) is 7.05 Å². The minimum Gasteiger partial charge on any atom is -0.336 e. The third-order valence-electron chi connectivity index (χ3n) is 4.78. The van der Waals surface area contributed by atoms with Crippen molar-refractivity contribution in [1.29, 1.82) is 0 Å². The highest BCUT2D eigenvalue weighted by Gasteiger charge is 2.33. The number of anilines is 2. The number of rotatable bonds is 5. The lowest BCUT2D eigenvalue weighted by Gasteiger charge is -2.23. The molecule has 2 aromatic rings. The van der Waals surface area contributed by atoms with Gasteiger partial charge in [-0.05, 0) is 36.1 Å². The molecule has 1 unspecified atom stereocenters. The van der Waals surface area contributed by atoms with Crippen LogP contribution in [0.15, 0.2) is 36.5 Å². The summed E-state index contributed by atoms with van der Waals surface area (Å²) in [6, 6.07) is 9.20. The number of nitrogens with zero attached hydrogens (tertiary/aromatic N) is 3. The van der Waals surface area contributed by atoms with Gasteiger partial charge in [0.25, 0.3) is 5.91 Å². The average Bonchev–Trinajstić information content (AvgIpc) is 3.01. The maximum absolute atomic E-state index is 12.7. The number of sulfone groups is 1. The summed E-state index contributed by atoms with van der Waals surface area (Å²) in [5, 5.41) is 3.10. The van der Waals surface area contributed by atoms with Crippen molar-refractivity contribution < 1.29 is 13.2 Å². The highest BCUT2D eigenvalue weighted by molar-refractivity contribution is 7.91. The zero-order valence-corrected chi connectivity index (χ0v) is 16.5. The van der Waals surface area contributed by atoms with Gasteiger partial charge < -0.3 is 10.2 Å². The van der Waals surface area contributed by atoms with E-state index in [0.29, 0.717) is 18.3 Å². The Morgan fingerprint density at radius 1 is 1.22 bits per heavy atom. The Balaban J connectivity index is 1.72. The molecule has 1 amide bonds. The van der Waals surface area contributed by atoms with Crippen LogP contribution >= 0.6 is 0 Å². The van der Waals surface area contributed by atoms with Crippen molar-refractivity contribution in [2.75, 3.05) is 23.9 Å². The first kappa shape index (κ1) is 19.3. The molecule has 144 valence electrons. The first-order valence-electron chi connectivity index (χ1n) is 8.93. The number of benzene rings is 1. The molecular formula is C19H24N4O3S. The van der Waals surface area contributed by atoms with Crippen molar-refractivity contribution in [2.45, 2.75) is 32.2 Å². The first-order chi connectivity index (χ1) is 12.7. The number of carbonyl (C=O) groups excluding carboxylic acids is 1. The summed E-state index contributed by atoms with van der Waals surface area (Å²) in [5.74, 6) is 0.598. The number of aromatic nitrogens is 2. The van der Waals surface area contributed by atoms with Crippen molar-refractivity contribution in [3.8, 4) is 0 Å². The maximum atomic E-state index is 12.7. The van der Waals surface area contributed by atoms with Crippen LogP contribution in [-0.4, -0.2) is 53.8 Å². The Hall–Kier alpha value is -2.48. The van der Waals surface area contributed by atoms with E-state index >= 15 is 0 Å². The summed E-state index contributed by atoms with van der Waals surface area (Å²) in [6.07, 6.45) is 1.98. The molecule has 27 heavy (non-hydrogen) atoms. The molecule has 1 aromatic carbocycles. The standard InChI is InChI=1S/C19H24N4O3S/c1-13(2)14-4-6-15(7-5-14)21-19-20-10-8-17(22-19)18(24)23(3)16-9-11-27(25,26)12-16/h4-8,10,13,16H,9,11-12H2,1-3H3,(H,20,21,22).